The third kappa shape index (κ3) is 24.9. The van der Waals surface area contributed by atoms with Gasteiger partial charge in [-0.2, -0.15) is 0 Å². The van der Waals surface area contributed by atoms with Gasteiger partial charge in [-0.3, -0.25) is 0 Å². The van der Waals surface area contributed by atoms with Gasteiger partial charge in [0, 0.05) is 16.8 Å². The summed E-state index contributed by atoms with van der Waals surface area (Å²) < 4.78 is 22.4. The van der Waals surface area contributed by atoms with Crippen LogP contribution in [0.5, 0.6) is 0 Å². The average molecular weight is 537 g/mol. The fourth-order valence-corrected chi connectivity index (χ4v) is 5.41. The minimum absolute atomic E-state index is 0.450. The monoisotopic (exact) mass is 536 g/mol. The van der Waals surface area contributed by atoms with E-state index in [1.54, 1.807) is 12.3 Å². The van der Waals surface area contributed by atoms with Crippen molar-refractivity contribution in [3.63, 3.8) is 0 Å². The molecule has 0 radical (unpaired) electrons. The lowest BCUT2D eigenvalue weighted by atomic mass is 10.0. The van der Waals surface area contributed by atoms with Crippen molar-refractivity contribution in [2.75, 3.05) is 6.61 Å². The third-order valence-corrected chi connectivity index (χ3v) is 7.90. The van der Waals surface area contributed by atoms with Gasteiger partial charge in [0.05, 0.1) is 0 Å². The number of rotatable bonds is 28. The second-order valence-corrected chi connectivity index (χ2v) is 11.6. The van der Waals surface area contributed by atoms with Gasteiger partial charge < -0.3 is 5.32 Å². The van der Waals surface area contributed by atoms with E-state index in [0.29, 0.717) is 12.5 Å². The molecule has 1 aliphatic heterocycles. The van der Waals surface area contributed by atoms with Crippen LogP contribution in [0.3, 0.4) is 0 Å². The van der Waals surface area contributed by atoms with Gasteiger partial charge in [0.2, 0.25) is 0 Å². The SMILES string of the molecule is CCCCCCCCCCCCCCCCCCCCCCCCCCO[P+](=O)OC1=CC=CC=CN1. The first-order chi connectivity index (χ1) is 18.3. The molecule has 0 aliphatic carbocycles. The lowest BCUT2D eigenvalue weighted by Gasteiger charge is -2.04. The predicted molar refractivity (Wildman–Crippen MR) is 161 cm³/mol. The van der Waals surface area contributed by atoms with E-state index < -0.39 is 8.25 Å². The van der Waals surface area contributed by atoms with Crippen LogP contribution in [0.4, 0.5) is 0 Å². The van der Waals surface area contributed by atoms with Crippen molar-refractivity contribution >= 4 is 8.25 Å². The van der Waals surface area contributed by atoms with Gasteiger partial charge in [0.25, 0.3) is 5.88 Å². The molecule has 5 heteroatoms. The van der Waals surface area contributed by atoms with E-state index in [-0.39, 0.29) is 0 Å². The molecule has 1 aliphatic rings. The van der Waals surface area contributed by atoms with Crippen molar-refractivity contribution < 1.29 is 13.6 Å². The Morgan fingerprint density at radius 3 is 1.41 bits per heavy atom. The van der Waals surface area contributed by atoms with Gasteiger partial charge in [-0.15, -0.1) is 4.52 Å². The van der Waals surface area contributed by atoms with Crippen LogP contribution in [0.25, 0.3) is 0 Å². The van der Waals surface area contributed by atoms with E-state index in [4.69, 9.17) is 9.05 Å². The second-order valence-electron chi connectivity index (χ2n) is 10.7. The van der Waals surface area contributed by atoms with Gasteiger partial charge in [-0.05, 0) is 12.5 Å². The normalized spacial score (nSPS) is 13.3. The van der Waals surface area contributed by atoms with Crippen LogP contribution in [-0.4, -0.2) is 6.61 Å². The van der Waals surface area contributed by atoms with Gasteiger partial charge in [0.1, 0.15) is 6.61 Å². The van der Waals surface area contributed by atoms with Crippen LogP contribution >= 0.6 is 8.25 Å². The lowest BCUT2D eigenvalue weighted by Crippen LogP contribution is -2.05. The minimum atomic E-state index is -2.11. The Balaban J connectivity index is 1.69. The molecule has 0 aromatic carbocycles. The highest BCUT2D eigenvalue weighted by Crippen LogP contribution is 2.27. The van der Waals surface area contributed by atoms with Crippen LogP contribution in [0.2, 0.25) is 0 Å². The molecule has 0 spiro atoms. The highest BCUT2D eigenvalue weighted by Gasteiger charge is 2.23. The summed E-state index contributed by atoms with van der Waals surface area (Å²) in [4.78, 5) is 0. The Morgan fingerprint density at radius 1 is 0.568 bits per heavy atom. The molecule has 214 valence electrons. The smallest absolute Gasteiger partial charge is 0.328 e. The molecular formula is C32H59NO3P+. The Morgan fingerprint density at radius 2 is 0.973 bits per heavy atom. The summed E-state index contributed by atoms with van der Waals surface area (Å²) in [6, 6.07) is 0. The molecule has 37 heavy (non-hydrogen) atoms. The van der Waals surface area contributed by atoms with E-state index in [1.165, 1.54) is 141 Å². The summed E-state index contributed by atoms with van der Waals surface area (Å²) >= 11 is 0. The first kappa shape index (κ1) is 33.9. The standard InChI is InChI=1S/C32H59NO3P/c1-2-3-4-5-6-7-8-9-10-11-12-13-14-15-16-17-18-19-20-21-22-23-24-28-31-35-37(34)36-32-29-26-25-27-30-33-32/h25-27,29-30,33H,2-24,28,31H2,1H3/q+1. The maximum absolute atomic E-state index is 11.8. The van der Waals surface area contributed by atoms with Crippen molar-refractivity contribution in [2.45, 2.75) is 161 Å². The zero-order valence-electron chi connectivity index (χ0n) is 24.2. The zero-order chi connectivity index (χ0) is 26.5. The number of hydrogen-bond donors (Lipinski definition) is 1. The maximum atomic E-state index is 11.8. The van der Waals surface area contributed by atoms with Crippen LogP contribution in [0, 0.1) is 0 Å². The quantitative estimate of drug-likeness (QED) is 0.0798. The molecule has 1 unspecified atom stereocenters. The van der Waals surface area contributed by atoms with Gasteiger partial charge in [-0.25, -0.2) is 4.52 Å². The molecule has 0 bridgehead atoms. The van der Waals surface area contributed by atoms with Crippen LogP contribution in [0.1, 0.15) is 161 Å². The van der Waals surface area contributed by atoms with Gasteiger partial charge in [0.15, 0.2) is 0 Å². The largest absolute Gasteiger partial charge is 0.751 e. The van der Waals surface area contributed by atoms with Crippen LogP contribution in [-0.2, 0) is 13.6 Å². The second kappa shape index (κ2) is 27.9. The maximum Gasteiger partial charge on any atom is 0.751 e. The molecule has 0 aromatic rings. The molecule has 1 atom stereocenters. The summed E-state index contributed by atoms with van der Waals surface area (Å²) in [5.74, 6) is 0.450. The van der Waals surface area contributed by atoms with Crippen LogP contribution < -0.4 is 5.32 Å². The molecular weight excluding hydrogens is 477 g/mol. The Hall–Kier alpha value is -1.12. The fraction of sp³-hybridized carbons (Fsp3) is 0.812. The highest BCUT2D eigenvalue weighted by molar-refractivity contribution is 7.33. The van der Waals surface area contributed by atoms with Crippen molar-refractivity contribution in [3.05, 3.63) is 36.4 Å². The van der Waals surface area contributed by atoms with Gasteiger partial charge in [-0.1, -0.05) is 167 Å². The number of unbranched alkanes of at least 4 members (excludes halogenated alkanes) is 23. The highest BCUT2D eigenvalue weighted by atomic mass is 31.1. The van der Waals surface area contributed by atoms with Crippen molar-refractivity contribution in [1.82, 2.24) is 5.32 Å². The molecule has 0 saturated heterocycles. The first-order valence-electron chi connectivity index (χ1n) is 15.9. The molecule has 4 nitrogen and oxygen atoms in total. The summed E-state index contributed by atoms with van der Waals surface area (Å²) in [5, 5.41) is 2.91. The molecule has 0 saturated carbocycles. The van der Waals surface area contributed by atoms with E-state index in [9.17, 15) is 4.57 Å². The van der Waals surface area contributed by atoms with Crippen molar-refractivity contribution in [3.8, 4) is 0 Å². The molecule has 1 N–H and O–H groups in total. The van der Waals surface area contributed by atoms with Crippen molar-refractivity contribution in [2.24, 2.45) is 0 Å². The number of allylic oxidation sites excluding steroid dienone is 4. The molecule has 0 aromatic heterocycles. The molecule has 0 amide bonds. The Bertz CT molecular complexity index is 603. The first-order valence-corrected chi connectivity index (χ1v) is 17.0. The minimum Gasteiger partial charge on any atom is -0.328 e. The fourth-order valence-electron chi connectivity index (χ4n) is 4.81. The topological polar surface area (TPSA) is 47.6 Å². The Kier molecular flexibility index (Phi) is 25.6. The van der Waals surface area contributed by atoms with E-state index >= 15 is 0 Å². The molecule has 1 rings (SSSR count). The summed E-state index contributed by atoms with van der Waals surface area (Å²) in [5.41, 5.74) is 0. The van der Waals surface area contributed by atoms with Gasteiger partial charge >= 0.3 is 8.25 Å². The van der Waals surface area contributed by atoms with Crippen LogP contribution in [0.15, 0.2) is 36.4 Å². The third-order valence-electron chi connectivity index (χ3n) is 7.16. The molecule has 0 fully saturated rings. The summed E-state index contributed by atoms with van der Waals surface area (Å²) in [6.45, 7) is 2.79. The predicted octanol–water partition coefficient (Wildman–Crippen LogP) is 11.6. The van der Waals surface area contributed by atoms with E-state index in [1.807, 2.05) is 18.2 Å². The molecule has 1 heterocycles. The van der Waals surface area contributed by atoms with E-state index in [0.717, 1.165) is 12.8 Å². The van der Waals surface area contributed by atoms with Crippen molar-refractivity contribution in [1.29, 1.82) is 0 Å². The number of nitrogens with one attached hydrogen (secondary N) is 1. The lowest BCUT2D eigenvalue weighted by molar-refractivity contribution is 0.249. The average Bonchev–Trinajstić information content (AvgIpc) is 3.17. The Labute approximate surface area is 231 Å². The summed E-state index contributed by atoms with van der Waals surface area (Å²) in [6.07, 6.45) is 42.3. The number of hydrogen-bond acceptors (Lipinski definition) is 4. The zero-order valence-corrected chi connectivity index (χ0v) is 25.1. The summed E-state index contributed by atoms with van der Waals surface area (Å²) in [7, 11) is -2.11. The van der Waals surface area contributed by atoms with E-state index in [2.05, 4.69) is 12.2 Å².